The molecule has 2 amide bonds. The van der Waals surface area contributed by atoms with Gasteiger partial charge < -0.3 is 39.8 Å². The number of carbonyl (C=O) groups excluding carboxylic acids is 2. The van der Waals surface area contributed by atoms with E-state index in [2.05, 4.69) is 32.3 Å². The standard InChI is InChI=1S/C36H47N5O4.C22H26O5/c1-36(2,3)39-35(45)31-24-40(22-26-12-9-15-37-21-26)16-17-41(31)23-29(42)19-28(18-25-10-5-4-6-11-25)34(44)38-33-30-14-8-7-13-27(30)20-32(33)43;1-6-7-13-10-15(23)26-21-16(13)20-14(8-9-22(4,5)27-20)19-17(21)18(24)11(2)12(3)25-19/h4-15,21,28-29,31-33,42-43H,16-20,22-24H2,1-3H3,(H,38,44)(H,39,45);8-12,18,24H,6-7H2,1-5H3/t28-,29-,31-,32+,33-;11-,12-,18-/m00/s1. The molecule has 4 aliphatic rings. The number of amides is 2. The molecule has 1 aliphatic carbocycles. The molecule has 3 aromatic carbocycles. The number of piperazine rings is 1. The average Bonchev–Trinajstić information content (AvgIpc) is 3.64. The summed E-state index contributed by atoms with van der Waals surface area (Å²) in [6.07, 6.45) is 7.91. The van der Waals surface area contributed by atoms with E-state index in [0.29, 0.717) is 55.1 Å². The number of fused-ring (bicyclic) bond motifs is 7. The zero-order valence-corrected chi connectivity index (χ0v) is 43.1. The maximum atomic E-state index is 13.8. The van der Waals surface area contributed by atoms with E-state index in [1.54, 1.807) is 6.20 Å². The van der Waals surface area contributed by atoms with Crippen LogP contribution in [0.5, 0.6) is 11.5 Å². The molecule has 14 heteroatoms. The van der Waals surface area contributed by atoms with Gasteiger partial charge in [0.15, 0.2) is 5.58 Å². The molecular weight excluding hydrogens is 911 g/mol. The number of benzene rings is 3. The van der Waals surface area contributed by atoms with Crippen molar-refractivity contribution in [2.45, 2.75) is 142 Å². The van der Waals surface area contributed by atoms with Gasteiger partial charge in [-0.3, -0.25) is 24.4 Å². The van der Waals surface area contributed by atoms with Crippen LogP contribution in [0.15, 0.2) is 100 Å². The first-order chi connectivity index (χ1) is 34.3. The predicted molar refractivity (Wildman–Crippen MR) is 279 cm³/mol. The molecule has 0 radical (unpaired) electrons. The van der Waals surface area contributed by atoms with Crippen LogP contribution in [0.4, 0.5) is 0 Å². The Morgan fingerprint density at radius 1 is 0.972 bits per heavy atom. The molecule has 8 atom stereocenters. The van der Waals surface area contributed by atoms with Crippen LogP contribution in [-0.2, 0) is 35.4 Å². The normalized spacial score (nSPS) is 23.3. The second-order valence-corrected chi connectivity index (χ2v) is 21.8. The average molecular weight is 984 g/mol. The molecule has 9 rings (SSSR count). The van der Waals surface area contributed by atoms with Gasteiger partial charge in [-0.1, -0.05) is 80.9 Å². The van der Waals surface area contributed by atoms with Crippen molar-refractivity contribution >= 4 is 28.9 Å². The lowest BCUT2D eigenvalue weighted by Gasteiger charge is -2.42. The summed E-state index contributed by atoms with van der Waals surface area (Å²) in [5.41, 5.74) is 5.40. The highest BCUT2D eigenvalue weighted by Gasteiger charge is 2.41. The Morgan fingerprint density at radius 3 is 2.43 bits per heavy atom. The molecule has 0 bridgehead atoms. The predicted octanol–water partition coefficient (Wildman–Crippen LogP) is 7.25. The number of β-amino-alcohol motifs (C(OH)–C–C–N with tert-alkyl or cyclic N) is 1. The molecule has 0 saturated carbocycles. The van der Waals surface area contributed by atoms with Gasteiger partial charge >= 0.3 is 5.63 Å². The summed E-state index contributed by atoms with van der Waals surface area (Å²) in [6, 6.07) is 22.2. The molecule has 0 unspecified atom stereocenters. The van der Waals surface area contributed by atoms with E-state index in [1.165, 1.54) is 6.07 Å². The monoisotopic (exact) mass is 984 g/mol. The Balaban J connectivity index is 0.000000218. The fourth-order valence-electron chi connectivity index (χ4n) is 10.5. The molecule has 0 spiro atoms. The van der Waals surface area contributed by atoms with Crippen molar-refractivity contribution in [3.63, 3.8) is 0 Å². The molecule has 2 aromatic heterocycles. The third kappa shape index (κ3) is 12.1. The quantitative estimate of drug-likeness (QED) is 0.0746. The van der Waals surface area contributed by atoms with E-state index in [1.807, 2.05) is 134 Å². The molecule has 5 aromatic rings. The lowest BCUT2D eigenvalue weighted by atomic mass is 9.85. The smallest absolute Gasteiger partial charge is 0.336 e. The molecular formula is C58H73N5O9. The number of hydrogen-bond donors (Lipinski definition) is 5. The number of rotatable bonds is 13. The van der Waals surface area contributed by atoms with Crippen molar-refractivity contribution in [3.8, 4) is 11.5 Å². The number of nitrogens with one attached hydrogen (secondary N) is 2. The number of aromatic nitrogens is 1. The van der Waals surface area contributed by atoms with Crippen molar-refractivity contribution in [2.75, 3.05) is 26.2 Å². The minimum Gasteiger partial charge on any atom is -0.489 e. The Kier molecular flexibility index (Phi) is 16.1. The number of hydrogen-bond acceptors (Lipinski definition) is 12. The summed E-state index contributed by atoms with van der Waals surface area (Å²) in [5.74, 6) is 0.316. The van der Waals surface area contributed by atoms with Gasteiger partial charge in [-0.15, -0.1) is 0 Å². The second-order valence-electron chi connectivity index (χ2n) is 21.8. The topological polar surface area (TPSA) is 187 Å². The molecule has 5 N–H and O–H groups in total. The minimum atomic E-state index is -0.833. The van der Waals surface area contributed by atoms with Crippen molar-refractivity contribution in [2.24, 2.45) is 11.8 Å². The van der Waals surface area contributed by atoms with Crippen LogP contribution in [0.1, 0.15) is 119 Å². The van der Waals surface area contributed by atoms with Crippen LogP contribution >= 0.6 is 0 Å². The summed E-state index contributed by atoms with van der Waals surface area (Å²) >= 11 is 0. The van der Waals surface area contributed by atoms with Gasteiger partial charge in [0.25, 0.3) is 0 Å². The summed E-state index contributed by atoms with van der Waals surface area (Å²) in [7, 11) is 0. The third-order valence-corrected chi connectivity index (χ3v) is 14.3. The van der Waals surface area contributed by atoms with E-state index in [9.17, 15) is 29.7 Å². The number of pyridine rings is 1. The number of ether oxygens (including phenoxy) is 2. The van der Waals surface area contributed by atoms with Gasteiger partial charge in [-0.25, -0.2) is 4.79 Å². The fraction of sp³-hybridized carbons (Fsp3) is 0.483. The highest BCUT2D eigenvalue weighted by Crippen LogP contribution is 2.52. The number of carbonyl (C=O) groups is 2. The first kappa shape index (κ1) is 52.4. The van der Waals surface area contributed by atoms with E-state index in [-0.39, 0.29) is 36.8 Å². The molecule has 72 heavy (non-hydrogen) atoms. The van der Waals surface area contributed by atoms with E-state index >= 15 is 0 Å². The molecule has 5 heterocycles. The fourth-order valence-corrected chi connectivity index (χ4v) is 10.5. The molecule has 3 aliphatic heterocycles. The number of aliphatic hydroxyl groups is 3. The van der Waals surface area contributed by atoms with Gasteiger partial charge in [0.1, 0.15) is 29.2 Å². The van der Waals surface area contributed by atoms with Crippen LogP contribution in [-0.4, -0.2) is 104 Å². The van der Waals surface area contributed by atoms with Crippen LogP contribution in [0.25, 0.3) is 17.0 Å². The minimum absolute atomic E-state index is 0.0712. The first-order valence-corrected chi connectivity index (χ1v) is 25.6. The summed E-state index contributed by atoms with van der Waals surface area (Å²) in [5, 5.41) is 40.3. The zero-order valence-electron chi connectivity index (χ0n) is 43.1. The van der Waals surface area contributed by atoms with Crippen LogP contribution in [0.3, 0.4) is 0 Å². The van der Waals surface area contributed by atoms with Gasteiger partial charge in [0.05, 0.1) is 40.9 Å². The van der Waals surface area contributed by atoms with Gasteiger partial charge in [0, 0.05) is 75.0 Å². The maximum absolute atomic E-state index is 13.8. The maximum Gasteiger partial charge on any atom is 0.336 e. The second kappa shape index (κ2) is 22.1. The summed E-state index contributed by atoms with van der Waals surface area (Å²) in [6.45, 7) is 18.7. The van der Waals surface area contributed by atoms with Crippen molar-refractivity contribution in [1.29, 1.82) is 0 Å². The largest absolute Gasteiger partial charge is 0.489 e. The molecule has 1 fully saturated rings. The summed E-state index contributed by atoms with van der Waals surface area (Å²) in [4.78, 5) is 48.2. The highest BCUT2D eigenvalue weighted by molar-refractivity contribution is 5.97. The Bertz CT molecular complexity index is 2790. The lowest BCUT2D eigenvalue weighted by Crippen LogP contribution is -2.61. The zero-order chi connectivity index (χ0) is 51.5. The van der Waals surface area contributed by atoms with Crippen molar-refractivity contribution < 1.29 is 38.8 Å². The van der Waals surface area contributed by atoms with E-state index < -0.39 is 53.1 Å². The van der Waals surface area contributed by atoms with Crippen LogP contribution in [0, 0.1) is 11.8 Å². The van der Waals surface area contributed by atoms with Crippen LogP contribution < -0.4 is 25.7 Å². The van der Waals surface area contributed by atoms with E-state index in [0.717, 1.165) is 58.2 Å². The molecule has 1 saturated heterocycles. The number of aliphatic hydroxyl groups excluding tert-OH is 3. The van der Waals surface area contributed by atoms with Crippen molar-refractivity contribution in [3.05, 3.63) is 141 Å². The van der Waals surface area contributed by atoms with E-state index in [4.69, 9.17) is 13.9 Å². The molecule has 384 valence electrons. The van der Waals surface area contributed by atoms with Gasteiger partial charge in [-0.05, 0) is 107 Å². The highest BCUT2D eigenvalue weighted by atomic mass is 16.5. The lowest BCUT2D eigenvalue weighted by molar-refractivity contribution is -0.132. The third-order valence-electron chi connectivity index (χ3n) is 14.3. The van der Waals surface area contributed by atoms with Crippen LogP contribution in [0.2, 0.25) is 0 Å². The number of aryl methyl sites for hydroxylation is 1. The van der Waals surface area contributed by atoms with Gasteiger partial charge in [0.2, 0.25) is 11.8 Å². The Morgan fingerprint density at radius 2 is 1.71 bits per heavy atom. The SMILES string of the molecule is CC(C)(C)NC(=O)[C@@H]1CN(Cc2cccnc2)CCN1C[C@@H](O)C[C@H](Cc1ccccc1)C(=O)N[C@H]1c2ccccc2C[C@H]1O.CCCc1cc(=O)oc2c3c(c4c(c12)OC(C)(C)C=C4)O[C@@H](C)[C@H](C)[C@@H]3O. The Hall–Kier alpha value is -5.90. The number of nitrogens with zero attached hydrogens (tertiary/aromatic N) is 3. The Labute approximate surface area is 423 Å². The van der Waals surface area contributed by atoms with Gasteiger partial charge in [-0.2, -0.15) is 0 Å². The van der Waals surface area contributed by atoms with Crippen molar-refractivity contribution in [1.82, 2.24) is 25.4 Å². The first-order valence-electron chi connectivity index (χ1n) is 25.6. The molecule has 14 nitrogen and oxygen atoms in total. The summed E-state index contributed by atoms with van der Waals surface area (Å²) < 4.78 is 18.1.